The van der Waals surface area contributed by atoms with Crippen LogP contribution >= 0.6 is 35.3 Å². The Labute approximate surface area is 154 Å². The van der Waals surface area contributed by atoms with Crippen LogP contribution in [0.2, 0.25) is 0 Å². The molecule has 0 aromatic carbocycles. The van der Waals surface area contributed by atoms with E-state index >= 15 is 0 Å². The van der Waals surface area contributed by atoms with Gasteiger partial charge in [-0.2, -0.15) is 0 Å². The largest absolute Gasteiger partial charge is 0.385 e. The Kier molecular flexibility index (Phi) is 8.63. The summed E-state index contributed by atoms with van der Waals surface area (Å²) in [4.78, 5) is 9.79. The number of halogens is 1. The number of aryl methyl sites for hydroxylation is 1. The first-order chi connectivity index (χ1) is 10.2. The van der Waals surface area contributed by atoms with Gasteiger partial charge in [-0.05, 0) is 31.6 Å². The molecule has 0 aliphatic heterocycles. The summed E-state index contributed by atoms with van der Waals surface area (Å²) in [6, 6.07) is 0. The van der Waals surface area contributed by atoms with Crippen LogP contribution in [-0.2, 0) is 11.3 Å². The third kappa shape index (κ3) is 5.66. The van der Waals surface area contributed by atoms with Crippen LogP contribution in [0.15, 0.2) is 11.2 Å². The van der Waals surface area contributed by atoms with Crippen molar-refractivity contribution < 1.29 is 4.74 Å². The highest BCUT2D eigenvalue weighted by Crippen LogP contribution is 2.43. The average Bonchev–Trinajstić information content (AvgIpc) is 2.86. The molecule has 1 aromatic rings. The highest BCUT2D eigenvalue weighted by molar-refractivity contribution is 14.0. The predicted molar refractivity (Wildman–Crippen MR) is 103 cm³/mol. The fraction of sp³-hybridized carbons (Fsp3) is 0.733. The standard InChI is InChI=1S/C15H26N4OS.HI/c1-12-17-9-13(21-12)10-18-14(16-2)19-11-15(5-4-6-15)7-8-20-3;/h9H,4-8,10-11H2,1-3H3,(H2,16,18,19);1H. The van der Waals surface area contributed by atoms with Gasteiger partial charge in [0, 0.05) is 38.4 Å². The van der Waals surface area contributed by atoms with Crippen molar-refractivity contribution in [1.82, 2.24) is 15.6 Å². The van der Waals surface area contributed by atoms with Crippen LogP contribution in [0, 0.1) is 12.3 Å². The summed E-state index contributed by atoms with van der Waals surface area (Å²) >= 11 is 1.72. The number of guanidine groups is 1. The zero-order chi connectivity index (χ0) is 15.1. The van der Waals surface area contributed by atoms with Gasteiger partial charge in [0.2, 0.25) is 0 Å². The third-order valence-electron chi connectivity index (χ3n) is 4.20. The van der Waals surface area contributed by atoms with E-state index in [1.165, 1.54) is 24.1 Å². The predicted octanol–water partition coefficient (Wildman–Crippen LogP) is 2.94. The van der Waals surface area contributed by atoms with Gasteiger partial charge in [0.25, 0.3) is 0 Å². The number of hydrogen-bond acceptors (Lipinski definition) is 4. The molecule has 1 aliphatic carbocycles. The van der Waals surface area contributed by atoms with Crippen molar-refractivity contribution >= 4 is 41.3 Å². The maximum Gasteiger partial charge on any atom is 0.191 e. The lowest BCUT2D eigenvalue weighted by Crippen LogP contribution is -2.46. The van der Waals surface area contributed by atoms with E-state index in [-0.39, 0.29) is 24.0 Å². The summed E-state index contributed by atoms with van der Waals surface area (Å²) in [7, 11) is 3.59. The molecule has 0 saturated heterocycles. The van der Waals surface area contributed by atoms with Gasteiger partial charge in [-0.25, -0.2) is 4.98 Å². The Bertz CT molecular complexity index is 474. The summed E-state index contributed by atoms with van der Waals surface area (Å²) in [5.41, 5.74) is 0.398. The number of hydrogen-bond donors (Lipinski definition) is 2. The van der Waals surface area contributed by atoms with E-state index < -0.39 is 0 Å². The molecule has 1 fully saturated rings. The maximum absolute atomic E-state index is 5.23. The average molecular weight is 438 g/mol. The zero-order valence-corrected chi connectivity index (χ0v) is 16.8. The molecule has 1 aliphatic rings. The van der Waals surface area contributed by atoms with Gasteiger partial charge in [-0.1, -0.05) is 6.42 Å². The lowest BCUT2D eigenvalue weighted by molar-refractivity contribution is 0.0732. The van der Waals surface area contributed by atoms with Crippen molar-refractivity contribution in [2.75, 3.05) is 27.3 Å². The molecule has 0 radical (unpaired) electrons. The molecule has 126 valence electrons. The fourth-order valence-electron chi connectivity index (χ4n) is 2.66. The van der Waals surface area contributed by atoms with Crippen LogP contribution in [-0.4, -0.2) is 38.3 Å². The number of methoxy groups -OCH3 is 1. The fourth-order valence-corrected chi connectivity index (χ4v) is 3.39. The van der Waals surface area contributed by atoms with E-state index in [1.54, 1.807) is 18.4 Å². The molecule has 1 heterocycles. The first-order valence-electron chi connectivity index (χ1n) is 7.52. The van der Waals surface area contributed by atoms with Crippen molar-refractivity contribution in [3.05, 3.63) is 16.1 Å². The Morgan fingerprint density at radius 2 is 2.23 bits per heavy atom. The van der Waals surface area contributed by atoms with Crippen molar-refractivity contribution in [2.45, 2.75) is 39.2 Å². The van der Waals surface area contributed by atoms with E-state index in [1.807, 2.05) is 20.2 Å². The minimum atomic E-state index is 0. The molecule has 2 N–H and O–H groups in total. The normalized spacial score (nSPS) is 16.6. The molecule has 22 heavy (non-hydrogen) atoms. The number of thiazole rings is 1. The van der Waals surface area contributed by atoms with Crippen LogP contribution in [0.4, 0.5) is 0 Å². The number of rotatable bonds is 7. The van der Waals surface area contributed by atoms with E-state index in [4.69, 9.17) is 4.74 Å². The number of aliphatic imine (C=N–C) groups is 1. The van der Waals surface area contributed by atoms with Gasteiger partial charge in [0.05, 0.1) is 11.6 Å². The summed E-state index contributed by atoms with van der Waals surface area (Å²) in [5, 5.41) is 7.92. The molecule has 0 amide bonds. The van der Waals surface area contributed by atoms with Crippen molar-refractivity contribution in [3.8, 4) is 0 Å². The second-order valence-electron chi connectivity index (χ2n) is 5.72. The van der Waals surface area contributed by atoms with Gasteiger partial charge in [0.1, 0.15) is 0 Å². The van der Waals surface area contributed by atoms with Gasteiger partial charge in [-0.15, -0.1) is 35.3 Å². The SMILES string of the molecule is CN=C(NCc1cnc(C)s1)NCC1(CCOC)CCC1.I. The molecule has 0 unspecified atom stereocenters. The van der Waals surface area contributed by atoms with Crippen molar-refractivity contribution in [1.29, 1.82) is 0 Å². The Balaban J connectivity index is 0.00000242. The first kappa shape index (κ1) is 19.6. The van der Waals surface area contributed by atoms with Crippen molar-refractivity contribution in [3.63, 3.8) is 0 Å². The molecule has 2 rings (SSSR count). The molecule has 5 nitrogen and oxygen atoms in total. The molecular weight excluding hydrogens is 411 g/mol. The van der Waals surface area contributed by atoms with Crippen LogP contribution in [0.3, 0.4) is 0 Å². The van der Waals surface area contributed by atoms with E-state index in [0.717, 1.165) is 37.1 Å². The second kappa shape index (κ2) is 9.67. The van der Waals surface area contributed by atoms with Crippen LogP contribution in [0.25, 0.3) is 0 Å². The molecule has 0 bridgehead atoms. The molecule has 0 spiro atoms. The Morgan fingerprint density at radius 1 is 1.45 bits per heavy atom. The summed E-state index contributed by atoms with van der Waals surface area (Å²) in [6.07, 6.45) is 6.95. The van der Waals surface area contributed by atoms with Gasteiger partial charge < -0.3 is 15.4 Å². The smallest absolute Gasteiger partial charge is 0.191 e. The summed E-state index contributed by atoms with van der Waals surface area (Å²) in [5.74, 6) is 0.866. The van der Waals surface area contributed by atoms with E-state index in [2.05, 4.69) is 20.6 Å². The molecule has 1 aromatic heterocycles. The quantitative estimate of drug-likeness (QED) is 0.391. The lowest BCUT2D eigenvalue weighted by atomic mass is 9.67. The van der Waals surface area contributed by atoms with Gasteiger partial charge in [-0.3, -0.25) is 4.99 Å². The number of aromatic nitrogens is 1. The Morgan fingerprint density at radius 3 is 2.73 bits per heavy atom. The lowest BCUT2D eigenvalue weighted by Gasteiger charge is -2.42. The minimum Gasteiger partial charge on any atom is -0.385 e. The van der Waals surface area contributed by atoms with Crippen molar-refractivity contribution in [2.24, 2.45) is 10.4 Å². The van der Waals surface area contributed by atoms with Crippen LogP contribution < -0.4 is 10.6 Å². The number of nitrogens with one attached hydrogen (secondary N) is 2. The molecule has 1 saturated carbocycles. The highest BCUT2D eigenvalue weighted by atomic mass is 127. The zero-order valence-electron chi connectivity index (χ0n) is 13.6. The molecule has 0 atom stereocenters. The summed E-state index contributed by atoms with van der Waals surface area (Å²) in [6.45, 7) is 4.61. The highest BCUT2D eigenvalue weighted by Gasteiger charge is 2.36. The molecule has 7 heteroatoms. The molecular formula is C15H27IN4OS. The van der Waals surface area contributed by atoms with Crippen LogP contribution in [0.5, 0.6) is 0 Å². The van der Waals surface area contributed by atoms with Crippen LogP contribution in [0.1, 0.15) is 35.6 Å². The number of ether oxygens (including phenoxy) is 1. The maximum atomic E-state index is 5.23. The first-order valence-corrected chi connectivity index (χ1v) is 8.34. The second-order valence-corrected chi connectivity index (χ2v) is 7.04. The summed E-state index contributed by atoms with van der Waals surface area (Å²) < 4.78 is 5.23. The van der Waals surface area contributed by atoms with E-state index in [0.29, 0.717) is 5.41 Å². The van der Waals surface area contributed by atoms with E-state index in [9.17, 15) is 0 Å². The topological polar surface area (TPSA) is 58.5 Å². The van der Waals surface area contributed by atoms with Gasteiger partial charge >= 0.3 is 0 Å². The minimum absolute atomic E-state index is 0. The Hall–Kier alpha value is -0.410. The number of nitrogens with zero attached hydrogens (tertiary/aromatic N) is 2. The van der Waals surface area contributed by atoms with Gasteiger partial charge in [0.15, 0.2) is 5.96 Å². The third-order valence-corrected chi connectivity index (χ3v) is 5.12. The monoisotopic (exact) mass is 438 g/mol.